The minimum atomic E-state index is -4.53. The molecule has 0 radical (unpaired) electrons. The minimum Gasteiger partial charge on any atom is -0.368 e. The molecule has 4 saturated heterocycles. The fraction of sp³-hybridized carbons (Fsp3) is 0.467. The van der Waals surface area contributed by atoms with Crippen molar-refractivity contribution in [1.29, 1.82) is 0 Å². The molecule has 4 heterocycles. The molecule has 0 aromatic heterocycles. The normalized spacial score (nSPS) is 40.6. The number of benzene rings is 1. The van der Waals surface area contributed by atoms with E-state index in [4.69, 9.17) is 9.47 Å². The Morgan fingerprint density at radius 3 is 2.04 bits per heavy atom. The van der Waals surface area contributed by atoms with E-state index in [1.807, 2.05) is 0 Å². The van der Waals surface area contributed by atoms with Crippen molar-refractivity contribution >= 4 is 17.5 Å². The van der Waals surface area contributed by atoms with Crippen LogP contribution in [0.5, 0.6) is 0 Å². The van der Waals surface area contributed by atoms with Gasteiger partial charge in [-0.25, -0.2) is 4.90 Å². The van der Waals surface area contributed by atoms with Gasteiger partial charge >= 0.3 is 6.18 Å². The Kier molecular flexibility index (Phi) is 2.31. The van der Waals surface area contributed by atoms with E-state index in [2.05, 4.69) is 0 Å². The molecule has 4 aliphatic rings. The lowest BCUT2D eigenvalue weighted by molar-refractivity contribution is -0.137. The van der Waals surface area contributed by atoms with Crippen LogP contribution in [0.25, 0.3) is 0 Å². The topological polar surface area (TPSA) is 59.1 Å². The maximum atomic E-state index is 12.8. The fourth-order valence-electron chi connectivity index (χ4n) is 4.06. The van der Waals surface area contributed by atoms with E-state index in [-0.39, 0.29) is 17.9 Å². The number of fused-ring (bicyclic) bond motifs is 8. The van der Waals surface area contributed by atoms with Crippen molar-refractivity contribution in [3.05, 3.63) is 29.8 Å². The molecule has 0 unspecified atom stereocenters. The van der Waals surface area contributed by atoms with Gasteiger partial charge in [0.2, 0.25) is 11.8 Å². The number of epoxide rings is 1. The number of nitrogens with zero attached hydrogens (tertiary/aromatic N) is 1. The number of alkyl halides is 3. The molecule has 1 aromatic rings. The van der Waals surface area contributed by atoms with Gasteiger partial charge in [0.1, 0.15) is 12.2 Å². The molecule has 8 heteroatoms. The number of rotatable bonds is 1. The molecule has 1 aromatic carbocycles. The predicted molar refractivity (Wildman–Crippen MR) is 68.2 cm³/mol. The maximum Gasteiger partial charge on any atom is 0.416 e. The van der Waals surface area contributed by atoms with Crippen LogP contribution in [0, 0.1) is 11.8 Å². The third-order valence-corrected chi connectivity index (χ3v) is 5.06. The Labute approximate surface area is 127 Å². The zero-order valence-electron chi connectivity index (χ0n) is 11.5. The number of imide groups is 1. The van der Waals surface area contributed by atoms with Crippen LogP contribution in [0.3, 0.4) is 0 Å². The van der Waals surface area contributed by atoms with E-state index in [1.165, 1.54) is 12.1 Å². The van der Waals surface area contributed by atoms with Crippen molar-refractivity contribution < 1.29 is 32.2 Å². The zero-order valence-corrected chi connectivity index (χ0v) is 11.5. The van der Waals surface area contributed by atoms with Crippen LogP contribution in [-0.2, 0) is 25.2 Å². The SMILES string of the molecule is O=C1[C@@H]2[C@@H]3O[C@@H]([C@@H]4O[C@@H]43)[C@@H]2C(=O)N1c1cccc(C(F)(F)F)c1. The first kappa shape index (κ1) is 13.5. The predicted octanol–water partition coefficient (Wildman–Crippen LogP) is 1.36. The highest BCUT2D eigenvalue weighted by Gasteiger charge is 2.75. The Hall–Kier alpha value is -1.93. The summed E-state index contributed by atoms with van der Waals surface area (Å²) in [5.41, 5.74) is -0.934. The monoisotopic (exact) mass is 325 g/mol. The van der Waals surface area contributed by atoms with Crippen LogP contribution in [-0.4, -0.2) is 36.2 Å². The van der Waals surface area contributed by atoms with E-state index >= 15 is 0 Å². The Bertz CT molecular complexity index is 716. The molecule has 0 N–H and O–H groups in total. The maximum absolute atomic E-state index is 12.8. The third-order valence-electron chi connectivity index (χ3n) is 5.06. The van der Waals surface area contributed by atoms with E-state index in [0.29, 0.717) is 0 Å². The molecule has 0 saturated carbocycles. The van der Waals surface area contributed by atoms with Gasteiger partial charge in [-0.1, -0.05) is 6.07 Å². The van der Waals surface area contributed by atoms with Gasteiger partial charge < -0.3 is 9.47 Å². The number of hydrogen-bond donors (Lipinski definition) is 0. The summed E-state index contributed by atoms with van der Waals surface area (Å²) in [5, 5.41) is 0. The van der Waals surface area contributed by atoms with Gasteiger partial charge in [-0.05, 0) is 18.2 Å². The number of carbonyl (C=O) groups is 2. The van der Waals surface area contributed by atoms with Crippen molar-refractivity contribution in [1.82, 2.24) is 0 Å². The first-order valence-corrected chi connectivity index (χ1v) is 7.24. The average molecular weight is 325 g/mol. The largest absolute Gasteiger partial charge is 0.416 e. The molecule has 2 bridgehead atoms. The minimum absolute atomic E-state index is 0.0433. The number of halogens is 3. The first-order valence-electron chi connectivity index (χ1n) is 7.24. The summed E-state index contributed by atoms with van der Waals surface area (Å²) in [5.74, 6) is -2.29. The van der Waals surface area contributed by atoms with Crippen LogP contribution in [0.1, 0.15) is 5.56 Å². The zero-order chi connectivity index (χ0) is 16.1. The van der Waals surface area contributed by atoms with Crippen molar-refractivity contribution in [2.75, 3.05) is 4.90 Å². The molecular formula is C15H10F3NO4. The molecule has 4 aliphatic heterocycles. The Morgan fingerprint density at radius 2 is 1.48 bits per heavy atom. The second kappa shape index (κ2) is 3.93. The Morgan fingerprint density at radius 1 is 0.913 bits per heavy atom. The lowest BCUT2D eigenvalue weighted by Gasteiger charge is -2.19. The lowest BCUT2D eigenvalue weighted by Crippen LogP contribution is -2.35. The number of hydrogen-bond acceptors (Lipinski definition) is 4. The third kappa shape index (κ3) is 1.60. The highest BCUT2D eigenvalue weighted by Crippen LogP contribution is 2.57. The number of carbonyl (C=O) groups excluding carboxylic acids is 2. The molecule has 6 atom stereocenters. The van der Waals surface area contributed by atoms with Crippen molar-refractivity contribution in [3.8, 4) is 0 Å². The highest BCUT2D eigenvalue weighted by atomic mass is 19.4. The van der Waals surface area contributed by atoms with Gasteiger partial charge in [0, 0.05) is 0 Å². The van der Waals surface area contributed by atoms with Crippen molar-refractivity contribution in [2.24, 2.45) is 11.8 Å². The molecule has 4 fully saturated rings. The molecule has 5 nitrogen and oxygen atoms in total. The quantitative estimate of drug-likeness (QED) is 0.578. The van der Waals surface area contributed by atoms with Crippen LogP contribution in [0.2, 0.25) is 0 Å². The number of anilines is 1. The summed E-state index contributed by atoms with van der Waals surface area (Å²) in [7, 11) is 0. The molecule has 0 spiro atoms. The molecule has 0 aliphatic carbocycles. The summed E-state index contributed by atoms with van der Waals surface area (Å²) in [6.07, 6.45) is -5.75. The van der Waals surface area contributed by atoms with Gasteiger partial charge in [0.15, 0.2) is 0 Å². The fourth-order valence-corrected chi connectivity index (χ4v) is 4.06. The van der Waals surface area contributed by atoms with Crippen LogP contribution < -0.4 is 4.90 Å². The first-order chi connectivity index (χ1) is 10.9. The standard InChI is InChI=1S/C15H10F3NO4/c16-15(17,18)5-2-1-3-6(4-5)19-13(20)7-8(14(19)21)10-12-11(23-12)9(7)22-10/h1-4,7-12H/t7-,8+,9-,10+,11+,12-. The van der Waals surface area contributed by atoms with Crippen LogP contribution in [0.15, 0.2) is 24.3 Å². The van der Waals surface area contributed by atoms with Gasteiger partial charge in [0.05, 0.1) is 35.3 Å². The summed E-state index contributed by atoms with van der Waals surface area (Å²) in [4.78, 5) is 26.1. The van der Waals surface area contributed by atoms with E-state index in [1.54, 1.807) is 0 Å². The van der Waals surface area contributed by atoms with Gasteiger partial charge in [-0.15, -0.1) is 0 Å². The van der Waals surface area contributed by atoms with Crippen molar-refractivity contribution in [3.63, 3.8) is 0 Å². The average Bonchev–Trinajstić information content (AvgIpc) is 3.01. The van der Waals surface area contributed by atoms with Gasteiger partial charge in [0.25, 0.3) is 0 Å². The van der Waals surface area contributed by atoms with Gasteiger partial charge in [-0.3, -0.25) is 9.59 Å². The summed E-state index contributed by atoms with van der Waals surface area (Å²) in [6, 6.07) is 4.27. The lowest BCUT2D eigenvalue weighted by atomic mass is 9.81. The second-order valence-electron chi connectivity index (χ2n) is 6.24. The number of amides is 2. The summed E-state index contributed by atoms with van der Waals surface area (Å²) < 4.78 is 49.6. The van der Waals surface area contributed by atoms with Crippen molar-refractivity contribution in [2.45, 2.75) is 30.6 Å². The van der Waals surface area contributed by atoms with Crippen LogP contribution >= 0.6 is 0 Å². The van der Waals surface area contributed by atoms with E-state index in [9.17, 15) is 22.8 Å². The molecule has 5 rings (SSSR count). The smallest absolute Gasteiger partial charge is 0.368 e. The number of ether oxygens (including phenoxy) is 2. The molecular weight excluding hydrogens is 315 g/mol. The Balaban J connectivity index is 1.53. The van der Waals surface area contributed by atoms with Gasteiger partial charge in [-0.2, -0.15) is 13.2 Å². The molecule has 2 amide bonds. The van der Waals surface area contributed by atoms with E-state index < -0.39 is 47.6 Å². The second-order valence-corrected chi connectivity index (χ2v) is 6.24. The summed E-state index contributed by atoms with van der Waals surface area (Å²) in [6.45, 7) is 0. The molecule has 120 valence electrons. The molecule has 23 heavy (non-hydrogen) atoms. The van der Waals surface area contributed by atoms with Crippen LogP contribution in [0.4, 0.5) is 18.9 Å². The summed E-state index contributed by atoms with van der Waals surface area (Å²) >= 11 is 0. The highest BCUT2D eigenvalue weighted by molar-refractivity contribution is 6.23. The van der Waals surface area contributed by atoms with E-state index in [0.717, 1.165) is 17.0 Å².